The summed E-state index contributed by atoms with van der Waals surface area (Å²) >= 11 is 3.65. The summed E-state index contributed by atoms with van der Waals surface area (Å²) in [6.45, 7) is 5.00. The summed E-state index contributed by atoms with van der Waals surface area (Å²) in [6.07, 6.45) is 1.55. The Morgan fingerprint density at radius 3 is 2.95 bits per heavy atom. The summed E-state index contributed by atoms with van der Waals surface area (Å²) in [5.74, 6) is 0.956. The van der Waals surface area contributed by atoms with Gasteiger partial charge in [0, 0.05) is 22.4 Å². The number of fused-ring (bicyclic) bond motifs is 1. The van der Waals surface area contributed by atoms with Crippen LogP contribution in [0.15, 0.2) is 22.7 Å². The van der Waals surface area contributed by atoms with Crippen molar-refractivity contribution in [2.24, 2.45) is 11.8 Å². The second kappa shape index (κ2) is 4.08. The number of nitrogens with zero attached hydrogens (tertiary/aromatic N) is 1. The van der Waals surface area contributed by atoms with Crippen LogP contribution in [0.25, 0.3) is 0 Å². The van der Waals surface area contributed by atoms with E-state index in [0.717, 1.165) is 10.9 Å². The third kappa shape index (κ3) is 1.37. The van der Waals surface area contributed by atoms with Gasteiger partial charge in [0.15, 0.2) is 5.72 Å². The zero-order valence-electron chi connectivity index (χ0n) is 11.7. The molecule has 1 aromatic rings. The van der Waals surface area contributed by atoms with Gasteiger partial charge in [-0.15, -0.1) is 0 Å². The maximum Gasteiger partial charge on any atom is 0.225 e. The molecule has 0 radical (unpaired) electrons. The van der Waals surface area contributed by atoms with Crippen molar-refractivity contribution >= 4 is 21.8 Å². The van der Waals surface area contributed by atoms with Crippen molar-refractivity contribution in [3.8, 4) is 0 Å². The van der Waals surface area contributed by atoms with E-state index in [1.165, 1.54) is 11.1 Å². The van der Waals surface area contributed by atoms with Crippen molar-refractivity contribution in [1.29, 1.82) is 0 Å². The summed E-state index contributed by atoms with van der Waals surface area (Å²) in [6, 6.07) is 6.47. The highest BCUT2D eigenvalue weighted by Gasteiger charge is 2.64. The average molecular weight is 336 g/mol. The molecule has 4 heteroatoms. The van der Waals surface area contributed by atoms with Gasteiger partial charge in [0.2, 0.25) is 5.91 Å². The van der Waals surface area contributed by atoms with Gasteiger partial charge in [-0.1, -0.05) is 41.9 Å². The molecule has 0 N–H and O–H groups in total. The van der Waals surface area contributed by atoms with Gasteiger partial charge in [-0.2, -0.15) is 0 Å². The van der Waals surface area contributed by atoms with Crippen molar-refractivity contribution in [1.82, 2.24) is 4.90 Å². The molecule has 0 bridgehead atoms. The van der Waals surface area contributed by atoms with E-state index >= 15 is 0 Å². The summed E-state index contributed by atoms with van der Waals surface area (Å²) in [4.78, 5) is 14.6. The molecule has 0 saturated carbocycles. The number of halogens is 1. The van der Waals surface area contributed by atoms with E-state index in [-0.39, 0.29) is 17.9 Å². The highest BCUT2D eigenvalue weighted by atomic mass is 79.9. The van der Waals surface area contributed by atoms with Crippen LogP contribution in [-0.4, -0.2) is 23.5 Å². The van der Waals surface area contributed by atoms with Crippen LogP contribution < -0.4 is 0 Å². The fourth-order valence-corrected chi connectivity index (χ4v) is 4.74. The van der Waals surface area contributed by atoms with Crippen LogP contribution in [0.5, 0.6) is 0 Å². The van der Waals surface area contributed by atoms with Crippen molar-refractivity contribution in [2.75, 3.05) is 6.61 Å². The number of hydrogen-bond donors (Lipinski definition) is 0. The van der Waals surface area contributed by atoms with E-state index in [0.29, 0.717) is 18.9 Å². The van der Waals surface area contributed by atoms with Crippen LogP contribution in [0.3, 0.4) is 0 Å². The maximum atomic E-state index is 12.5. The van der Waals surface area contributed by atoms with Crippen LogP contribution >= 0.6 is 15.9 Å². The molecule has 0 aromatic heterocycles. The summed E-state index contributed by atoms with van der Waals surface area (Å²) in [5, 5.41) is 0. The first kappa shape index (κ1) is 12.8. The second-order valence-electron chi connectivity index (χ2n) is 6.45. The Morgan fingerprint density at radius 1 is 1.40 bits per heavy atom. The fraction of sp³-hybridized carbons (Fsp3) is 0.562. The fourth-order valence-electron chi connectivity index (χ4n) is 4.21. The van der Waals surface area contributed by atoms with E-state index < -0.39 is 5.72 Å². The average Bonchev–Trinajstić information content (AvgIpc) is 2.99. The first-order chi connectivity index (χ1) is 9.55. The molecule has 2 heterocycles. The van der Waals surface area contributed by atoms with Crippen LogP contribution in [0.4, 0.5) is 0 Å². The van der Waals surface area contributed by atoms with Crippen molar-refractivity contribution in [3.63, 3.8) is 0 Å². The summed E-state index contributed by atoms with van der Waals surface area (Å²) in [7, 11) is 0. The molecular formula is C16H18BrNO2. The molecule has 1 aromatic carbocycles. The SMILES string of the molecule is CC(C)[C@@H]1CO[C@@]23c4cccc(Br)c4C[C@@H]2CC(=O)N13. The Morgan fingerprint density at radius 2 is 2.20 bits per heavy atom. The molecule has 106 valence electrons. The largest absolute Gasteiger partial charge is 0.349 e. The Bertz CT molecular complexity index is 600. The topological polar surface area (TPSA) is 29.5 Å². The van der Waals surface area contributed by atoms with E-state index in [9.17, 15) is 4.79 Å². The van der Waals surface area contributed by atoms with Gasteiger partial charge in [0.1, 0.15) is 0 Å². The van der Waals surface area contributed by atoms with E-state index in [1.807, 2.05) is 6.07 Å². The lowest BCUT2D eigenvalue weighted by Gasteiger charge is -2.35. The highest BCUT2D eigenvalue weighted by molar-refractivity contribution is 9.10. The molecule has 1 amide bonds. The molecule has 2 aliphatic heterocycles. The molecule has 2 saturated heterocycles. The van der Waals surface area contributed by atoms with Gasteiger partial charge >= 0.3 is 0 Å². The number of rotatable bonds is 1. The second-order valence-corrected chi connectivity index (χ2v) is 7.31. The number of hydrogen-bond acceptors (Lipinski definition) is 2. The smallest absolute Gasteiger partial charge is 0.225 e. The number of amides is 1. The third-order valence-corrected chi connectivity index (χ3v) is 5.87. The van der Waals surface area contributed by atoms with Gasteiger partial charge < -0.3 is 9.64 Å². The summed E-state index contributed by atoms with van der Waals surface area (Å²) in [5.41, 5.74) is 2.04. The Balaban J connectivity index is 1.90. The number of ether oxygens (including phenoxy) is 1. The predicted octanol–water partition coefficient (Wildman–Crippen LogP) is 3.06. The maximum absolute atomic E-state index is 12.5. The van der Waals surface area contributed by atoms with E-state index in [1.54, 1.807) is 0 Å². The zero-order valence-corrected chi connectivity index (χ0v) is 13.3. The van der Waals surface area contributed by atoms with Gasteiger partial charge in [0.05, 0.1) is 12.6 Å². The molecule has 2 fully saturated rings. The predicted molar refractivity (Wildman–Crippen MR) is 79.1 cm³/mol. The lowest BCUT2D eigenvalue weighted by Crippen LogP contribution is -2.46. The number of carbonyl (C=O) groups is 1. The lowest BCUT2D eigenvalue weighted by atomic mass is 9.96. The lowest BCUT2D eigenvalue weighted by molar-refractivity contribution is -0.142. The normalized spacial score (nSPS) is 34.6. The molecule has 3 aliphatic rings. The monoisotopic (exact) mass is 335 g/mol. The minimum absolute atomic E-state index is 0.206. The Kier molecular flexibility index (Phi) is 2.62. The Labute approximate surface area is 127 Å². The quantitative estimate of drug-likeness (QED) is 0.789. The first-order valence-electron chi connectivity index (χ1n) is 7.29. The van der Waals surface area contributed by atoms with E-state index in [4.69, 9.17) is 4.74 Å². The minimum atomic E-state index is -0.481. The van der Waals surface area contributed by atoms with Gasteiger partial charge in [0.25, 0.3) is 0 Å². The number of benzene rings is 1. The van der Waals surface area contributed by atoms with Crippen LogP contribution in [-0.2, 0) is 21.7 Å². The molecular weight excluding hydrogens is 318 g/mol. The van der Waals surface area contributed by atoms with Crippen LogP contribution in [0, 0.1) is 11.8 Å². The summed E-state index contributed by atoms with van der Waals surface area (Å²) < 4.78 is 7.44. The van der Waals surface area contributed by atoms with Crippen molar-refractivity contribution in [3.05, 3.63) is 33.8 Å². The minimum Gasteiger partial charge on any atom is -0.349 e. The van der Waals surface area contributed by atoms with Gasteiger partial charge in [-0.3, -0.25) is 4.79 Å². The molecule has 4 rings (SSSR count). The van der Waals surface area contributed by atoms with E-state index in [2.05, 4.69) is 46.8 Å². The zero-order chi connectivity index (χ0) is 14.1. The molecule has 1 aliphatic carbocycles. The molecule has 0 unspecified atom stereocenters. The molecule has 1 spiro atoms. The van der Waals surface area contributed by atoms with Gasteiger partial charge in [-0.05, 0) is 24.0 Å². The van der Waals surface area contributed by atoms with Crippen LogP contribution in [0.2, 0.25) is 0 Å². The Hall–Kier alpha value is -0.870. The number of carbonyl (C=O) groups excluding carboxylic acids is 1. The molecule has 20 heavy (non-hydrogen) atoms. The first-order valence-corrected chi connectivity index (χ1v) is 8.09. The highest BCUT2D eigenvalue weighted by Crippen LogP contribution is 2.57. The molecule has 3 atom stereocenters. The van der Waals surface area contributed by atoms with Crippen LogP contribution in [0.1, 0.15) is 31.4 Å². The third-order valence-electron chi connectivity index (χ3n) is 5.13. The molecule has 3 nitrogen and oxygen atoms in total. The van der Waals surface area contributed by atoms with Crippen molar-refractivity contribution in [2.45, 2.75) is 38.5 Å². The van der Waals surface area contributed by atoms with Crippen molar-refractivity contribution < 1.29 is 9.53 Å². The van der Waals surface area contributed by atoms with Gasteiger partial charge in [-0.25, -0.2) is 0 Å². The standard InChI is InChI=1S/C16H18BrNO2/c1-9(2)14-8-20-16-10(7-15(19)18(14)16)6-11-12(16)4-3-5-13(11)17/h3-5,9-10,14H,6-8H2,1-2H3/t10-,14+,16-/m1/s1.